The summed E-state index contributed by atoms with van der Waals surface area (Å²) >= 11 is 1.33. The van der Waals surface area contributed by atoms with Crippen molar-refractivity contribution in [2.45, 2.75) is 32.2 Å². The van der Waals surface area contributed by atoms with Crippen molar-refractivity contribution >= 4 is 29.5 Å². The fourth-order valence-corrected chi connectivity index (χ4v) is 5.60. The van der Waals surface area contributed by atoms with Gasteiger partial charge >= 0.3 is 5.97 Å². The van der Waals surface area contributed by atoms with Gasteiger partial charge in [-0.1, -0.05) is 11.8 Å². The molecule has 4 rings (SSSR count). The summed E-state index contributed by atoms with van der Waals surface area (Å²) in [6, 6.07) is 4.06. The molecule has 2 atom stereocenters. The smallest absolute Gasteiger partial charge is 0.344 e. The number of ether oxygens (including phenoxy) is 3. The van der Waals surface area contributed by atoms with E-state index in [9.17, 15) is 9.59 Å². The van der Waals surface area contributed by atoms with Crippen LogP contribution in [0, 0.1) is 5.92 Å². The highest BCUT2D eigenvalue weighted by molar-refractivity contribution is 8.04. The lowest BCUT2D eigenvalue weighted by Gasteiger charge is -2.32. The zero-order valence-electron chi connectivity index (χ0n) is 18.2. The minimum Gasteiger partial charge on any atom is -0.493 e. The number of methoxy groups -OCH3 is 2. The Kier molecular flexibility index (Phi) is 6.24. The van der Waals surface area contributed by atoms with Crippen LogP contribution in [0.25, 0.3) is 0 Å². The first kappa shape index (κ1) is 21.7. The van der Waals surface area contributed by atoms with Crippen LogP contribution in [-0.2, 0) is 27.3 Å². The number of aliphatic imine (C=N–C) groups is 1. The van der Waals surface area contributed by atoms with Gasteiger partial charge in [0.15, 0.2) is 11.5 Å². The summed E-state index contributed by atoms with van der Waals surface area (Å²) < 4.78 is 16.0. The van der Waals surface area contributed by atoms with Crippen LogP contribution in [0.4, 0.5) is 0 Å². The van der Waals surface area contributed by atoms with E-state index in [0.29, 0.717) is 29.6 Å². The van der Waals surface area contributed by atoms with E-state index < -0.39 is 5.92 Å². The number of nitrogens with zero attached hydrogens (tertiary/aromatic N) is 2. The number of fused-ring (bicyclic) bond motifs is 2. The summed E-state index contributed by atoms with van der Waals surface area (Å²) in [5, 5.41) is 2.63. The van der Waals surface area contributed by atoms with E-state index in [-0.39, 0.29) is 17.3 Å². The summed E-state index contributed by atoms with van der Waals surface area (Å²) in [6.45, 7) is 6.01. The number of thioether (sulfide) groups is 1. The molecule has 3 heterocycles. The van der Waals surface area contributed by atoms with Crippen LogP contribution in [0.15, 0.2) is 27.6 Å². The van der Waals surface area contributed by atoms with Gasteiger partial charge in [0.2, 0.25) is 5.91 Å². The van der Waals surface area contributed by atoms with Gasteiger partial charge in [-0.05, 0) is 49.1 Å². The third-order valence-electron chi connectivity index (χ3n) is 5.81. The van der Waals surface area contributed by atoms with E-state index in [0.717, 1.165) is 30.8 Å². The Labute approximate surface area is 186 Å². The summed E-state index contributed by atoms with van der Waals surface area (Å²) in [6.07, 6.45) is 0.880. The van der Waals surface area contributed by atoms with Crippen LogP contribution in [0.3, 0.4) is 0 Å². The molecular formula is C22H27N3O5S. The van der Waals surface area contributed by atoms with Gasteiger partial charge in [0, 0.05) is 13.1 Å². The minimum absolute atomic E-state index is 0.108. The topological polar surface area (TPSA) is 89.5 Å². The summed E-state index contributed by atoms with van der Waals surface area (Å²) in [5.74, 6) is 1.18. The first-order valence-corrected chi connectivity index (χ1v) is 11.2. The number of carbonyl (C=O) groups excluding carboxylic acids is 2. The van der Waals surface area contributed by atoms with E-state index in [1.807, 2.05) is 19.1 Å². The molecule has 0 saturated carbocycles. The second-order valence-corrected chi connectivity index (χ2v) is 8.85. The summed E-state index contributed by atoms with van der Waals surface area (Å²) in [4.78, 5) is 32.5. The SMILES string of the molecule is CCOC(=O)C1=C(C)[C@H]2C(=O)NC(CN3CCc4cc(OC)c(OC)cc4C3)=N[C@@H]2S1. The molecule has 0 saturated heterocycles. The number of rotatable bonds is 6. The number of amides is 1. The molecule has 8 nitrogen and oxygen atoms in total. The fourth-order valence-electron chi connectivity index (χ4n) is 4.24. The molecule has 0 radical (unpaired) electrons. The van der Waals surface area contributed by atoms with Gasteiger partial charge in [0.05, 0.1) is 38.2 Å². The molecule has 1 amide bonds. The van der Waals surface area contributed by atoms with Crippen LogP contribution in [0.1, 0.15) is 25.0 Å². The largest absolute Gasteiger partial charge is 0.493 e. The lowest BCUT2D eigenvalue weighted by Crippen LogP contribution is -2.49. The number of hydrogen-bond acceptors (Lipinski definition) is 8. The van der Waals surface area contributed by atoms with Crippen molar-refractivity contribution in [3.8, 4) is 11.5 Å². The van der Waals surface area contributed by atoms with E-state index in [2.05, 4.69) is 10.2 Å². The number of benzene rings is 1. The predicted molar refractivity (Wildman–Crippen MR) is 118 cm³/mol. The maximum atomic E-state index is 12.8. The molecule has 9 heteroatoms. The lowest BCUT2D eigenvalue weighted by molar-refractivity contribution is -0.137. The molecule has 1 aromatic rings. The van der Waals surface area contributed by atoms with Crippen molar-refractivity contribution in [2.75, 3.05) is 33.9 Å². The monoisotopic (exact) mass is 445 g/mol. The van der Waals surface area contributed by atoms with Crippen LogP contribution in [0.5, 0.6) is 11.5 Å². The van der Waals surface area contributed by atoms with Gasteiger partial charge in [-0.25, -0.2) is 4.79 Å². The Morgan fingerprint density at radius 1 is 1.26 bits per heavy atom. The van der Waals surface area contributed by atoms with Crippen molar-refractivity contribution in [3.05, 3.63) is 33.7 Å². The molecule has 166 valence electrons. The molecule has 0 aliphatic carbocycles. The summed E-state index contributed by atoms with van der Waals surface area (Å²) in [7, 11) is 3.27. The van der Waals surface area contributed by atoms with Gasteiger partial charge in [0.1, 0.15) is 11.2 Å². The van der Waals surface area contributed by atoms with Crippen molar-refractivity contribution in [1.82, 2.24) is 10.2 Å². The normalized spacial score (nSPS) is 23.0. The molecule has 1 N–H and O–H groups in total. The first-order chi connectivity index (χ1) is 14.9. The molecule has 3 aliphatic heterocycles. The van der Waals surface area contributed by atoms with Crippen molar-refractivity contribution in [2.24, 2.45) is 10.9 Å². The van der Waals surface area contributed by atoms with Crippen molar-refractivity contribution in [1.29, 1.82) is 0 Å². The average Bonchev–Trinajstić information content (AvgIpc) is 3.09. The van der Waals surface area contributed by atoms with Crippen LogP contribution >= 0.6 is 11.8 Å². The number of carbonyl (C=O) groups is 2. The highest BCUT2D eigenvalue weighted by Crippen LogP contribution is 2.44. The third kappa shape index (κ3) is 4.16. The van der Waals surface area contributed by atoms with Crippen LogP contribution in [0.2, 0.25) is 0 Å². The van der Waals surface area contributed by atoms with E-state index in [1.54, 1.807) is 21.1 Å². The lowest BCUT2D eigenvalue weighted by atomic mass is 9.97. The van der Waals surface area contributed by atoms with Gasteiger partial charge in [-0.15, -0.1) is 0 Å². The fraction of sp³-hybridized carbons (Fsp3) is 0.500. The molecule has 31 heavy (non-hydrogen) atoms. The zero-order valence-corrected chi connectivity index (χ0v) is 19.0. The Bertz CT molecular complexity index is 974. The Morgan fingerprint density at radius 3 is 2.65 bits per heavy atom. The molecule has 1 aromatic carbocycles. The molecule has 0 bridgehead atoms. The highest BCUT2D eigenvalue weighted by Gasteiger charge is 2.44. The maximum Gasteiger partial charge on any atom is 0.344 e. The summed E-state index contributed by atoms with van der Waals surface area (Å²) in [5.41, 5.74) is 3.16. The molecule has 0 aromatic heterocycles. The van der Waals surface area contributed by atoms with Crippen molar-refractivity contribution in [3.63, 3.8) is 0 Å². The highest BCUT2D eigenvalue weighted by atomic mass is 32.2. The quantitative estimate of drug-likeness (QED) is 0.671. The predicted octanol–water partition coefficient (Wildman–Crippen LogP) is 2.12. The van der Waals surface area contributed by atoms with E-state index in [4.69, 9.17) is 19.2 Å². The molecule has 3 aliphatic rings. The standard InChI is InChI=1S/C22H27N3O5S/c1-5-30-22(27)19-12(2)18-20(26)23-17(24-21(18)31-19)11-25-7-6-13-8-15(28-3)16(29-4)9-14(13)10-25/h8-9,18,21H,5-7,10-11H2,1-4H3,(H,23,24,26)/t18-,21+/m0/s1. The molecular weight excluding hydrogens is 418 g/mol. The van der Waals surface area contributed by atoms with Gasteiger partial charge in [-0.2, -0.15) is 0 Å². The van der Waals surface area contributed by atoms with Crippen molar-refractivity contribution < 1.29 is 23.8 Å². The molecule has 0 fully saturated rings. The third-order valence-corrected chi connectivity index (χ3v) is 7.16. The number of hydrogen-bond donors (Lipinski definition) is 1. The van der Waals surface area contributed by atoms with Crippen LogP contribution in [-0.4, -0.2) is 61.9 Å². The number of esters is 1. The molecule has 0 unspecified atom stereocenters. The van der Waals surface area contributed by atoms with E-state index in [1.165, 1.54) is 22.9 Å². The molecule has 0 spiro atoms. The van der Waals surface area contributed by atoms with Gasteiger partial charge < -0.3 is 19.5 Å². The zero-order chi connectivity index (χ0) is 22.1. The Morgan fingerprint density at radius 2 is 1.97 bits per heavy atom. The maximum absolute atomic E-state index is 12.8. The Hall–Kier alpha value is -2.52. The Balaban J connectivity index is 1.47. The average molecular weight is 446 g/mol. The second kappa shape index (κ2) is 8.92. The van der Waals surface area contributed by atoms with Gasteiger partial charge in [0.25, 0.3) is 0 Å². The number of amidine groups is 1. The number of nitrogens with one attached hydrogen (secondary N) is 1. The van der Waals surface area contributed by atoms with Gasteiger partial charge in [-0.3, -0.25) is 14.7 Å². The van der Waals surface area contributed by atoms with E-state index >= 15 is 0 Å². The second-order valence-electron chi connectivity index (χ2n) is 7.72. The first-order valence-electron chi connectivity index (χ1n) is 10.3. The van der Waals surface area contributed by atoms with Crippen LogP contribution < -0.4 is 14.8 Å². The minimum atomic E-state index is -0.424.